The van der Waals surface area contributed by atoms with Crippen LogP contribution in [0.4, 0.5) is 0 Å². The molecule has 1 unspecified atom stereocenters. The van der Waals surface area contributed by atoms with E-state index in [2.05, 4.69) is 5.32 Å². The molecule has 0 aliphatic carbocycles. The van der Waals surface area contributed by atoms with E-state index in [0.717, 1.165) is 0 Å². The highest BCUT2D eigenvalue weighted by Crippen LogP contribution is 1.73. The maximum absolute atomic E-state index is 10.5. The van der Waals surface area contributed by atoms with Crippen molar-refractivity contribution in [3.8, 4) is 0 Å². The number of carbonyl (C=O) groups is 1. The predicted molar refractivity (Wildman–Crippen MR) is 37.6 cm³/mol. The quantitative estimate of drug-likeness (QED) is 0.588. The predicted octanol–water partition coefficient (Wildman–Crippen LogP) is -0.499. The van der Waals surface area contributed by atoms with Gasteiger partial charge >= 0.3 is 0 Å². The van der Waals surface area contributed by atoms with Crippen LogP contribution in [0.2, 0.25) is 0 Å². The molecule has 1 N–H and O–H groups in total. The van der Waals surface area contributed by atoms with E-state index < -0.39 is 10.8 Å². The Morgan fingerprint density at radius 1 is 1.67 bits per heavy atom. The maximum Gasteiger partial charge on any atom is 0.232 e. The molecule has 0 spiro atoms. The van der Waals surface area contributed by atoms with E-state index >= 15 is 0 Å². The Morgan fingerprint density at radius 3 is 2.56 bits per heavy atom. The van der Waals surface area contributed by atoms with E-state index in [9.17, 15) is 9.00 Å². The molecule has 0 heterocycles. The van der Waals surface area contributed by atoms with Gasteiger partial charge in [-0.1, -0.05) is 0 Å². The summed E-state index contributed by atoms with van der Waals surface area (Å²) in [6, 6.07) is 0. The van der Waals surface area contributed by atoms with E-state index in [-0.39, 0.29) is 11.7 Å². The van der Waals surface area contributed by atoms with Gasteiger partial charge in [0.05, 0.1) is 0 Å². The van der Waals surface area contributed by atoms with Crippen molar-refractivity contribution in [3.63, 3.8) is 0 Å². The molecule has 3 nitrogen and oxygen atoms in total. The van der Waals surface area contributed by atoms with Gasteiger partial charge in [-0.25, -0.2) is 0 Å². The molecular weight excluding hydrogens is 138 g/mol. The minimum atomic E-state index is -1.01. The van der Waals surface area contributed by atoms with Crippen LogP contribution in [-0.4, -0.2) is 28.7 Å². The lowest BCUT2D eigenvalue weighted by Crippen LogP contribution is -2.27. The van der Waals surface area contributed by atoms with E-state index in [1.807, 2.05) is 6.92 Å². The van der Waals surface area contributed by atoms with Crippen LogP contribution in [0, 0.1) is 0 Å². The van der Waals surface area contributed by atoms with E-state index in [0.29, 0.717) is 6.54 Å². The molecule has 0 fully saturated rings. The minimum Gasteiger partial charge on any atom is -0.356 e. The Labute approximate surface area is 57.3 Å². The summed E-state index contributed by atoms with van der Waals surface area (Å²) in [6.07, 6.45) is 1.51. The molecule has 0 radical (unpaired) electrons. The Kier molecular flexibility index (Phi) is 4.30. The van der Waals surface area contributed by atoms with Crippen LogP contribution in [-0.2, 0) is 15.6 Å². The lowest BCUT2D eigenvalue weighted by molar-refractivity contribution is -0.118. The van der Waals surface area contributed by atoms with Gasteiger partial charge in [-0.3, -0.25) is 9.00 Å². The van der Waals surface area contributed by atoms with Gasteiger partial charge in [0.2, 0.25) is 5.91 Å². The van der Waals surface area contributed by atoms with Crippen LogP contribution in [0.15, 0.2) is 0 Å². The zero-order valence-electron chi connectivity index (χ0n) is 5.64. The highest BCUT2D eigenvalue weighted by atomic mass is 32.2. The van der Waals surface area contributed by atoms with Gasteiger partial charge < -0.3 is 5.32 Å². The van der Waals surface area contributed by atoms with Gasteiger partial charge in [0.1, 0.15) is 5.75 Å². The Balaban J connectivity index is 3.39. The average Bonchev–Trinajstić information content (AvgIpc) is 1.63. The van der Waals surface area contributed by atoms with Gasteiger partial charge in [0.15, 0.2) is 0 Å². The third-order valence-corrected chi connectivity index (χ3v) is 1.38. The van der Waals surface area contributed by atoms with E-state index in [1.165, 1.54) is 6.26 Å². The molecule has 0 bridgehead atoms. The summed E-state index contributed by atoms with van der Waals surface area (Å²) < 4.78 is 10.4. The first kappa shape index (κ1) is 8.62. The molecule has 1 amide bonds. The lowest BCUT2D eigenvalue weighted by atomic mass is 10.6. The average molecular weight is 149 g/mol. The highest BCUT2D eigenvalue weighted by molar-refractivity contribution is 7.85. The first-order valence-corrected chi connectivity index (χ1v) is 4.46. The van der Waals surface area contributed by atoms with Crippen molar-refractivity contribution in [1.29, 1.82) is 0 Å². The highest BCUT2D eigenvalue weighted by Gasteiger charge is 1.99. The van der Waals surface area contributed by atoms with Crippen molar-refractivity contribution in [1.82, 2.24) is 5.32 Å². The molecule has 0 rings (SSSR count). The number of carbonyl (C=O) groups excluding carboxylic acids is 1. The van der Waals surface area contributed by atoms with E-state index in [4.69, 9.17) is 0 Å². The Bertz CT molecular complexity index is 124. The van der Waals surface area contributed by atoms with Crippen LogP contribution in [0.25, 0.3) is 0 Å². The van der Waals surface area contributed by atoms with Crippen LogP contribution >= 0.6 is 0 Å². The molecule has 0 aliphatic rings. The second kappa shape index (κ2) is 4.49. The summed E-state index contributed by atoms with van der Waals surface area (Å²) in [5.74, 6) is -0.0215. The first-order valence-electron chi connectivity index (χ1n) is 2.73. The number of rotatable bonds is 3. The molecular formula is C5H11NO2S. The van der Waals surface area contributed by atoms with Crippen molar-refractivity contribution in [3.05, 3.63) is 0 Å². The van der Waals surface area contributed by atoms with Gasteiger partial charge in [-0.15, -0.1) is 0 Å². The second-order valence-corrected chi connectivity index (χ2v) is 3.11. The number of nitrogens with one attached hydrogen (secondary N) is 1. The molecule has 9 heavy (non-hydrogen) atoms. The van der Waals surface area contributed by atoms with Crippen molar-refractivity contribution < 1.29 is 9.00 Å². The zero-order valence-corrected chi connectivity index (χ0v) is 6.46. The molecule has 0 saturated carbocycles. The largest absolute Gasteiger partial charge is 0.356 e. The summed E-state index contributed by atoms with van der Waals surface area (Å²) in [5.41, 5.74) is 0. The molecule has 1 atom stereocenters. The molecule has 54 valence electrons. The Hall–Kier alpha value is -0.380. The fraction of sp³-hybridized carbons (Fsp3) is 0.800. The second-order valence-electron chi connectivity index (χ2n) is 1.67. The zero-order chi connectivity index (χ0) is 7.28. The number of hydrogen-bond acceptors (Lipinski definition) is 2. The van der Waals surface area contributed by atoms with Crippen LogP contribution in [0.1, 0.15) is 6.92 Å². The summed E-state index contributed by atoms with van der Waals surface area (Å²) in [7, 11) is -1.01. The van der Waals surface area contributed by atoms with Gasteiger partial charge in [0, 0.05) is 23.6 Å². The molecule has 4 heteroatoms. The molecule has 0 saturated heterocycles. The fourth-order valence-corrected chi connectivity index (χ4v) is 0.904. The summed E-state index contributed by atoms with van der Waals surface area (Å²) in [5, 5.41) is 2.54. The van der Waals surface area contributed by atoms with Crippen LogP contribution in [0.5, 0.6) is 0 Å². The third-order valence-electron chi connectivity index (χ3n) is 0.708. The molecule has 0 aromatic rings. The first-order chi connectivity index (χ1) is 4.16. The van der Waals surface area contributed by atoms with Crippen molar-refractivity contribution in [2.24, 2.45) is 0 Å². The maximum atomic E-state index is 10.5. The van der Waals surface area contributed by atoms with E-state index in [1.54, 1.807) is 0 Å². The van der Waals surface area contributed by atoms with Crippen LogP contribution < -0.4 is 5.32 Å². The Morgan fingerprint density at radius 2 is 2.22 bits per heavy atom. The van der Waals surface area contributed by atoms with Crippen LogP contribution in [0.3, 0.4) is 0 Å². The van der Waals surface area contributed by atoms with Crippen molar-refractivity contribution >= 4 is 16.7 Å². The monoisotopic (exact) mass is 149 g/mol. The SMILES string of the molecule is CCNC(=O)CS(C)=O. The number of amides is 1. The smallest absolute Gasteiger partial charge is 0.232 e. The van der Waals surface area contributed by atoms with Gasteiger partial charge in [0.25, 0.3) is 0 Å². The molecule has 0 aromatic carbocycles. The third kappa shape index (κ3) is 5.49. The van der Waals surface area contributed by atoms with Gasteiger partial charge in [-0.05, 0) is 6.92 Å². The van der Waals surface area contributed by atoms with Gasteiger partial charge in [-0.2, -0.15) is 0 Å². The summed E-state index contributed by atoms with van der Waals surface area (Å²) in [4.78, 5) is 10.5. The molecule has 0 aromatic heterocycles. The van der Waals surface area contributed by atoms with Crippen molar-refractivity contribution in [2.45, 2.75) is 6.92 Å². The fourth-order valence-electron chi connectivity index (χ4n) is 0.433. The topological polar surface area (TPSA) is 46.2 Å². The van der Waals surface area contributed by atoms with Crippen molar-refractivity contribution in [2.75, 3.05) is 18.6 Å². The lowest BCUT2D eigenvalue weighted by Gasteiger charge is -1.96. The summed E-state index contributed by atoms with van der Waals surface area (Å²) in [6.45, 7) is 2.44. The number of hydrogen-bond donors (Lipinski definition) is 1. The molecule has 0 aliphatic heterocycles. The summed E-state index contributed by atoms with van der Waals surface area (Å²) >= 11 is 0. The normalized spacial score (nSPS) is 12.7. The standard InChI is InChI=1S/C5H11NO2S/c1-3-6-5(7)4-9(2)8/h3-4H2,1-2H3,(H,6,7). The minimum absolute atomic E-state index is 0.119.